The van der Waals surface area contributed by atoms with E-state index in [2.05, 4.69) is 15.0 Å². The van der Waals surface area contributed by atoms with Gasteiger partial charge in [-0.25, -0.2) is 9.97 Å². The van der Waals surface area contributed by atoms with Crippen molar-refractivity contribution in [2.45, 2.75) is 13.0 Å². The number of carbonyl (C=O) groups is 2. The third-order valence-corrected chi connectivity index (χ3v) is 4.60. The standard InChI is InChI=1S/C19H17N5O2.CH2O2/c1-23-9-2-3-14(18(23)25)19(26)24-10-6-16-15(11-24)17(22-12-21-16)13-4-7-20-8-5-13;2-1-3/h2-5,7-9,12H,6,10-11H2,1H3;1H,(H,2,3). The van der Waals surface area contributed by atoms with Crippen LogP contribution >= 0.6 is 0 Å². The molecule has 0 radical (unpaired) electrons. The fourth-order valence-electron chi connectivity index (χ4n) is 3.20. The predicted molar refractivity (Wildman–Crippen MR) is 104 cm³/mol. The highest BCUT2D eigenvalue weighted by Gasteiger charge is 2.27. The number of aryl methyl sites for hydroxylation is 1. The molecule has 0 bridgehead atoms. The van der Waals surface area contributed by atoms with E-state index >= 15 is 0 Å². The average Bonchev–Trinajstić information content (AvgIpc) is 2.75. The Bertz CT molecular complexity index is 1080. The van der Waals surface area contributed by atoms with Crippen LogP contribution in [-0.4, -0.2) is 48.4 Å². The quantitative estimate of drug-likeness (QED) is 0.649. The van der Waals surface area contributed by atoms with E-state index in [0.29, 0.717) is 19.5 Å². The molecule has 3 aromatic rings. The molecule has 1 aliphatic rings. The Morgan fingerprint density at radius 1 is 1.21 bits per heavy atom. The molecule has 1 amide bonds. The van der Waals surface area contributed by atoms with Gasteiger partial charge in [0.1, 0.15) is 11.9 Å². The van der Waals surface area contributed by atoms with E-state index < -0.39 is 0 Å². The maximum absolute atomic E-state index is 12.9. The van der Waals surface area contributed by atoms with Crippen LogP contribution in [0.25, 0.3) is 11.3 Å². The highest BCUT2D eigenvalue weighted by molar-refractivity contribution is 5.94. The Labute approximate surface area is 166 Å². The van der Waals surface area contributed by atoms with Crippen molar-refractivity contribution in [2.75, 3.05) is 6.54 Å². The first-order valence-corrected chi connectivity index (χ1v) is 8.82. The molecule has 9 nitrogen and oxygen atoms in total. The minimum Gasteiger partial charge on any atom is -0.483 e. The molecule has 148 valence electrons. The molecular formula is C20H19N5O4. The van der Waals surface area contributed by atoms with Gasteiger partial charge in [0.25, 0.3) is 17.9 Å². The van der Waals surface area contributed by atoms with Crippen LogP contribution in [0.15, 0.2) is 54.0 Å². The van der Waals surface area contributed by atoms with Gasteiger partial charge in [0.05, 0.1) is 11.4 Å². The van der Waals surface area contributed by atoms with Crippen molar-refractivity contribution in [1.29, 1.82) is 0 Å². The van der Waals surface area contributed by atoms with E-state index in [1.807, 2.05) is 12.1 Å². The van der Waals surface area contributed by atoms with Crippen LogP contribution in [0.2, 0.25) is 0 Å². The molecule has 0 spiro atoms. The minimum absolute atomic E-state index is 0.181. The lowest BCUT2D eigenvalue weighted by molar-refractivity contribution is -0.122. The summed E-state index contributed by atoms with van der Waals surface area (Å²) in [5, 5.41) is 6.89. The second kappa shape index (κ2) is 8.87. The van der Waals surface area contributed by atoms with E-state index in [1.54, 1.807) is 49.0 Å². The molecule has 0 fully saturated rings. The molecule has 0 unspecified atom stereocenters. The summed E-state index contributed by atoms with van der Waals surface area (Å²) < 4.78 is 1.41. The van der Waals surface area contributed by atoms with Gasteiger partial charge in [0, 0.05) is 56.3 Å². The van der Waals surface area contributed by atoms with Gasteiger partial charge < -0.3 is 14.6 Å². The third kappa shape index (κ3) is 4.18. The number of carbonyl (C=O) groups excluding carboxylic acids is 1. The Kier molecular flexibility index (Phi) is 6.08. The number of pyridine rings is 2. The van der Waals surface area contributed by atoms with Crippen molar-refractivity contribution in [3.8, 4) is 11.3 Å². The second-order valence-corrected chi connectivity index (χ2v) is 6.30. The molecule has 0 atom stereocenters. The van der Waals surface area contributed by atoms with Gasteiger partial charge in [-0.15, -0.1) is 0 Å². The second-order valence-electron chi connectivity index (χ2n) is 6.30. The van der Waals surface area contributed by atoms with Crippen molar-refractivity contribution in [1.82, 2.24) is 24.4 Å². The number of carboxylic acid groups (broad SMARTS) is 1. The van der Waals surface area contributed by atoms with Gasteiger partial charge in [-0.05, 0) is 24.3 Å². The fourth-order valence-corrected chi connectivity index (χ4v) is 3.20. The van der Waals surface area contributed by atoms with Crippen molar-refractivity contribution < 1.29 is 14.7 Å². The Balaban J connectivity index is 0.000000755. The summed E-state index contributed by atoms with van der Waals surface area (Å²) in [5.74, 6) is -0.263. The van der Waals surface area contributed by atoms with Crippen LogP contribution in [0.1, 0.15) is 21.6 Å². The number of rotatable bonds is 2. The molecule has 0 saturated carbocycles. The predicted octanol–water partition coefficient (Wildman–Crippen LogP) is 1.14. The van der Waals surface area contributed by atoms with E-state index in [-0.39, 0.29) is 23.5 Å². The number of aromatic nitrogens is 4. The summed E-state index contributed by atoms with van der Waals surface area (Å²) in [5.41, 5.74) is 3.49. The van der Waals surface area contributed by atoms with E-state index in [4.69, 9.17) is 9.90 Å². The highest BCUT2D eigenvalue weighted by Crippen LogP contribution is 2.27. The minimum atomic E-state index is -0.290. The molecule has 9 heteroatoms. The number of hydrogen-bond donors (Lipinski definition) is 1. The molecule has 4 heterocycles. The molecule has 1 aliphatic heterocycles. The van der Waals surface area contributed by atoms with Crippen molar-refractivity contribution in [3.05, 3.63) is 76.4 Å². The molecule has 0 aromatic carbocycles. The number of fused-ring (bicyclic) bond motifs is 1. The van der Waals surface area contributed by atoms with Crippen LogP contribution in [0.4, 0.5) is 0 Å². The molecule has 1 N–H and O–H groups in total. The van der Waals surface area contributed by atoms with E-state index in [0.717, 1.165) is 22.5 Å². The van der Waals surface area contributed by atoms with Crippen LogP contribution in [0, 0.1) is 0 Å². The van der Waals surface area contributed by atoms with Crippen molar-refractivity contribution in [3.63, 3.8) is 0 Å². The summed E-state index contributed by atoms with van der Waals surface area (Å²) >= 11 is 0. The Hall–Kier alpha value is -3.88. The maximum Gasteiger partial charge on any atom is 0.290 e. The zero-order chi connectivity index (χ0) is 20.8. The lowest BCUT2D eigenvalue weighted by Gasteiger charge is -2.29. The molecule has 4 rings (SSSR count). The summed E-state index contributed by atoms with van der Waals surface area (Å²) in [6, 6.07) is 7.05. The average molecular weight is 393 g/mol. The first kappa shape index (κ1) is 19.9. The maximum atomic E-state index is 12.9. The highest BCUT2D eigenvalue weighted by atomic mass is 16.3. The van der Waals surface area contributed by atoms with Crippen LogP contribution in [-0.2, 0) is 24.8 Å². The molecular weight excluding hydrogens is 374 g/mol. The molecule has 29 heavy (non-hydrogen) atoms. The monoisotopic (exact) mass is 393 g/mol. The number of nitrogens with zero attached hydrogens (tertiary/aromatic N) is 5. The smallest absolute Gasteiger partial charge is 0.290 e. The summed E-state index contributed by atoms with van der Waals surface area (Å²) in [4.78, 5) is 48.0. The summed E-state index contributed by atoms with van der Waals surface area (Å²) in [7, 11) is 1.64. The molecule has 0 aliphatic carbocycles. The molecule has 0 saturated heterocycles. The number of hydrogen-bond acceptors (Lipinski definition) is 6. The van der Waals surface area contributed by atoms with Gasteiger partial charge in [0.2, 0.25) is 0 Å². The Morgan fingerprint density at radius 3 is 2.66 bits per heavy atom. The van der Waals surface area contributed by atoms with Crippen molar-refractivity contribution in [2.24, 2.45) is 7.05 Å². The van der Waals surface area contributed by atoms with Gasteiger partial charge >= 0.3 is 0 Å². The van der Waals surface area contributed by atoms with Gasteiger partial charge in [-0.2, -0.15) is 0 Å². The first-order chi connectivity index (χ1) is 14.1. The largest absolute Gasteiger partial charge is 0.483 e. The van der Waals surface area contributed by atoms with Crippen LogP contribution < -0.4 is 5.56 Å². The normalized spacial score (nSPS) is 12.4. The summed E-state index contributed by atoms with van der Waals surface area (Å²) in [6.07, 6.45) is 7.25. The van der Waals surface area contributed by atoms with Crippen LogP contribution in [0.3, 0.4) is 0 Å². The third-order valence-electron chi connectivity index (χ3n) is 4.60. The Morgan fingerprint density at radius 2 is 1.93 bits per heavy atom. The SMILES string of the molecule is Cn1cccc(C(=O)N2CCc3ncnc(-c4ccncc4)c3C2)c1=O.O=CO. The summed E-state index contributed by atoms with van der Waals surface area (Å²) in [6.45, 7) is 0.654. The zero-order valence-corrected chi connectivity index (χ0v) is 15.7. The lowest BCUT2D eigenvalue weighted by Crippen LogP contribution is -2.39. The number of amides is 1. The van der Waals surface area contributed by atoms with Gasteiger partial charge in [0.15, 0.2) is 0 Å². The molecule has 3 aromatic heterocycles. The first-order valence-electron chi connectivity index (χ1n) is 8.82. The van der Waals surface area contributed by atoms with Crippen LogP contribution in [0.5, 0.6) is 0 Å². The topological polar surface area (TPSA) is 118 Å². The van der Waals surface area contributed by atoms with Gasteiger partial charge in [-0.3, -0.25) is 19.4 Å². The zero-order valence-electron chi connectivity index (χ0n) is 15.7. The van der Waals surface area contributed by atoms with Gasteiger partial charge in [-0.1, -0.05) is 0 Å². The van der Waals surface area contributed by atoms with Crippen molar-refractivity contribution >= 4 is 12.4 Å². The van der Waals surface area contributed by atoms with E-state index in [1.165, 1.54) is 4.57 Å². The fraction of sp³-hybridized carbons (Fsp3) is 0.200. The lowest BCUT2D eigenvalue weighted by atomic mass is 9.99. The van der Waals surface area contributed by atoms with E-state index in [9.17, 15) is 9.59 Å².